The second kappa shape index (κ2) is 1.42. The van der Waals surface area contributed by atoms with Crippen molar-refractivity contribution in [2.45, 2.75) is 18.4 Å². The van der Waals surface area contributed by atoms with Crippen LogP contribution in [0.1, 0.15) is 12.8 Å². The Morgan fingerprint density at radius 2 is 2.25 bits per heavy atom. The molecular weight excluding hydrogens is 113 g/mol. The van der Waals surface area contributed by atoms with Crippen molar-refractivity contribution in [3.63, 3.8) is 0 Å². The van der Waals surface area contributed by atoms with E-state index in [0.29, 0.717) is 12.8 Å². The summed E-state index contributed by atoms with van der Waals surface area (Å²) in [5, 5.41) is 0. The molecule has 2 N–H and O–H groups in total. The number of nitrogens with two attached hydrogens (primary N) is 1. The lowest BCUT2D eigenvalue weighted by atomic mass is 10.3. The summed E-state index contributed by atoms with van der Waals surface area (Å²) in [6.07, 6.45) is 1.07. The molecule has 46 valence electrons. The maximum atomic E-state index is 11.0. The van der Waals surface area contributed by atoms with Crippen LogP contribution < -0.4 is 5.73 Å². The van der Waals surface area contributed by atoms with Crippen LogP contribution in [0.3, 0.4) is 0 Å². The zero-order chi connectivity index (χ0) is 6.20. The highest BCUT2D eigenvalue weighted by atomic mass is 19.3. The normalized spacial score (nSPS) is 22.2. The molecule has 0 unspecified atom stereocenters. The van der Waals surface area contributed by atoms with Gasteiger partial charge in [-0.3, -0.25) is 4.94 Å². The van der Waals surface area contributed by atoms with Gasteiger partial charge in [-0.15, -0.1) is 0 Å². The third-order valence-corrected chi connectivity index (χ3v) is 1.27. The lowest BCUT2D eigenvalue weighted by Crippen LogP contribution is -2.32. The summed E-state index contributed by atoms with van der Waals surface area (Å²) in [6.45, 7) is 0. The average Bonchev–Trinajstić information content (AvgIpc) is 2.47. The van der Waals surface area contributed by atoms with Crippen molar-refractivity contribution in [2.24, 2.45) is 5.73 Å². The Bertz CT molecular complexity index is 121. The van der Waals surface area contributed by atoms with E-state index in [0.717, 1.165) is 0 Å². The van der Waals surface area contributed by atoms with Crippen molar-refractivity contribution in [3.8, 4) is 0 Å². The minimum atomic E-state index is -0.977. The molecule has 0 aromatic rings. The van der Waals surface area contributed by atoms with Crippen LogP contribution in [0, 0.1) is 0 Å². The SMILES string of the molecule is NC1(C(=O)OF)CC1. The molecule has 0 aromatic heterocycles. The van der Waals surface area contributed by atoms with Crippen LogP contribution in [0.2, 0.25) is 0 Å². The zero-order valence-corrected chi connectivity index (χ0v) is 4.19. The molecule has 0 radical (unpaired) electrons. The first-order valence-corrected chi connectivity index (χ1v) is 2.31. The van der Waals surface area contributed by atoms with Gasteiger partial charge in [0, 0.05) is 4.53 Å². The number of hydrogen-bond donors (Lipinski definition) is 1. The van der Waals surface area contributed by atoms with Gasteiger partial charge in [0.2, 0.25) is 0 Å². The van der Waals surface area contributed by atoms with Crippen LogP contribution in [0.4, 0.5) is 4.53 Å². The number of hydrogen-bond acceptors (Lipinski definition) is 3. The van der Waals surface area contributed by atoms with E-state index >= 15 is 0 Å². The predicted octanol–water partition coefficient (Wildman–Crippen LogP) is -0.0946. The van der Waals surface area contributed by atoms with Crippen LogP contribution in [0.5, 0.6) is 0 Å². The third kappa shape index (κ3) is 0.667. The minimum absolute atomic E-state index is 0.537. The first-order chi connectivity index (χ1) is 3.69. The Hall–Kier alpha value is -0.640. The van der Waals surface area contributed by atoms with Crippen molar-refractivity contribution < 1.29 is 14.3 Å². The molecule has 1 aliphatic rings. The fourth-order valence-corrected chi connectivity index (χ4v) is 0.416. The van der Waals surface area contributed by atoms with Gasteiger partial charge in [0.05, 0.1) is 0 Å². The molecule has 0 heterocycles. The molecule has 1 saturated carbocycles. The van der Waals surface area contributed by atoms with Gasteiger partial charge in [-0.1, -0.05) is 0 Å². The van der Waals surface area contributed by atoms with Gasteiger partial charge in [-0.05, 0) is 12.8 Å². The van der Waals surface area contributed by atoms with Crippen LogP contribution >= 0.6 is 0 Å². The Kier molecular flexibility index (Phi) is 0.973. The number of rotatable bonds is 1. The molecular formula is C4H6FNO2. The Morgan fingerprint density at radius 1 is 1.75 bits per heavy atom. The van der Waals surface area contributed by atoms with E-state index in [1.54, 1.807) is 0 Å². The molecule has 0 amide bonds. The average molecular weight is 119 g/mol. The van der Waals surface area contributed by atoms with Gasteiger partial charge in [-0.2, -0.15) is 0 Å². The van der Waals surface area contributed by atoms with Crippen molar-refractivity contribution in [2.75, 3.05) is 0 Å². The number of halogens is 1. The fourth-order valence-electron chi connectivity index (χ4n) is 0.416. The first kappa shape index (κ1) is 5.50. The van der Waals surface area contributed by atoms with Crippen molar-refractivity contribution >= 4 is 5.97 Å². The van der Waals surface area contributed by atoms with E-state index in [9.17, 15) is 9.32 Å². The maximum Gasteiger partial charge on any atom is 0.368 e. The largest absolute Gasteiger partial charge is 0.368 e. The van der Waals surface area contributed by atoms with Gasteiger partial charge in [0.15, 0.2) is 0 Å². The zero-order valence-electron chi connectivity index (χ0n) is 4.19. The number of carbonyl (C=O) groups is 1. The summed E-state index contributed by atoms with van der Waals surface area (Å²) >= 11 is 0. The monoisotopic (exact) mass is 119 g/mol. The van der Waals surface area contributed by atoms with Gasteiger partial charge in [-0.25, -0.2) is 4.79 Å². The van der Waals surface area contributed by atoms with E-state index in [-0.39, 0.29) is 0 Å². The standard InChI is InChI=1S/C4H6FNO2/c5-8-3(7)4(6)1-2-4/h1-2,6H2. The molecule has 0 bridgehead atoms. The molecule has 0 saturated heterocycles. The Labute approximate surface area is 45.5 Å². The molecule has 4 heteroatoms. The molecule has 1 fully saturated rings. The smallest absolute Gasteiger partial charge is 0.316 e. The summed E-state index contributed by atoms with van der Waals surface area (Å²) in [5.74, 6) is -0.947. The van der Waals surface area contributed by atoms with Gasteiger partial charge in [0.25, 0.3) is 0 Å². The lowest BCUT2D eigenvalue weighted by molar-refractivity contribution is -0.186. The lowest BCUT2D eigenvalue weighted by Gasteiger charge is -1.97. The van der Waals surface area contributed by atoms with Crippen LogP contribution in [0.25, 0.3) is 0 Å². The van der Waals surface area contributed by atoms with E-state index < -0.39 is 11.5 Å². The third-order valence-electron chi connectivity index (χ3n) is 1.27. The highest BCUT2D eigenvalue weighted by Crippen LogP contribution is 2.33. The van der Waals surface area contributed by atoms with Crippen molar-refractivity contribution in [3.05, 3.63) is 0 Å². The van der Waals surface area contributed by atoms with Crippen molar-refractivity contribution in [1.82, 2.24) is 0 Å². The van der Waals surface area contributed by atoms with Crippen molar-refractivity contribution in [1.29, 1.82) is 0 Å². The molecule has 1 rings (SSSR count). The molecule has 8 heavy (non-hydrogen) atoms. The summed E-state index contributed by atoms with van der Waals surface area (Å²) in [7, 11) is 0. The topological polar surface area (TPSA) is 52.3 Å². The first-order valence-electron chi connectivity index (χ1n) is 2.31. The predicted molar refractivity (Wildman–Crippen MR) is 23.4 cm³/mol. The molecule has 0 spiro atoms. The molecule has 3 nitrogen and oxygen atoms in total. The van der Waals surface area contributed by atoms with E-state index in [2.05, 4.69) is 4.94 Å². The van der Waals surface area contributed by atoms with Gasteiger partial charge < -0.3 is 5.73 Å². The maximum absolute atomic E-state index is 11.0. The van der Waals surface area contributed by atoms with Crippen LogP contribution in [0.15, 0.2) is 0 Å². The molecule has 0 aliphatic heterocycles. The van der Waals surface area contributed by atoms with Gasteiger partial charge in [0.1, 0.15) is 5.54 Å². The summed E-state index contributed by atoms with van der Waals surface area (Å²) in [4.78, 5) is 13.1. The van der Waals surface area contributed by atoms with Crippen LogP contribution in [-0.2, 0) is 9.74 Å². The van der Waals surface area contributed by atoms with E-state index in [1.807, 2.05) is 0 Å². The summed E-state index contributed by atoms with van der Waals surface area (Å²) < 4.78 is 11.0. The van der Waals surface area contributed by atoms with Gasteiger partial charge >= 0.3 is 5.97 Å². The Morgan fingerprint density at radius 3 is 2.38 bits per heavy atom. The second-order valence-corrected chi connectivity index (χ2v) is 2.02. The molecule has 0 aromatic carbocycles. The molecule has 1 aliphatic carbocycles. The summed E-state index contributed by atoms with van der Waals surface area (Å²) in [5.41, 5.74) is 4.21. The minimum Gasteiger partial charge on any atom is -0.316 e. The highest BCUT2D eigenvalue weighted by molar-refractivity contribution is 5.83. The summed E-state index contributed by atoms with van der Waals surface area (Å²) in [6, 6.07) is 0. The quantitative estimate of drug-likeness (QED) is 0.524. The van der Waals surface area contributed by atoms with E-state index in [4.69, 9.17) is 5.73 Å². The highest BCUT2D eigenvalue weighted by Gasteiger charge is 2.48. The number of carbonyl (C=O) groups excluding carboxylic acids is 1. The van der Waals surface area contributed by atoms with Crippen LogP contribution in [-0.4, -0.2) is 11.5 Å². The Balaban J connectivity index is 2.46. The van der Waals surface area contributed by atoms with E-state index in [1.165, 1.54) is 0 Å². The molecule has 0 atom stereocenters. The fraction of sp³-hybridized carbons (Fsp3) is 0.750. The second-order valence-electron chi connectivity index (χ2n) is 2.02.